The smallest absolute Gasteiger partial charge is 0.232 e. The number of rotatable bonds is 21. The molecule has 0 aliphatic carbocycles. The molecule has 2 nitrogen and oxygen atoms in total. The first-order valence-corrected chi connectivity index (χ1v) is 13.0. The Morgan fingerprint density at radius 3 is 1.31 bits per heavy atom. The van der Waals surface area contributed by atoms with E-state index in [1.165, 1.54) is 122 Å². The van der Waals surface area contributed by atoms with E-state index in [-0.39, 0.29) is 12.4 Å². The van der Waals surface area contributed by atoms with Gasteiger partial charge in [-0.05, 0) is 12.8 Å². The van der Waals surface area contributed by atoms with Crippen LogP contribution in [0.25, 0.3) is 0 Å². The van der Waals surface area contributed by atoms with Crippen molar-refractivity contribution in [2.45, 2.75) is 142 Å². The minimum absolute atomic E-state index is 0. The number of halogens is 1. The minimum Gasteiger partial charge on any atom is -0.424 e. The first kappa shape index (κ1) is 28.6. The second-order valence-corrected chi connectivity index (χ2v) is 8.66. The van der Waals surface area contributed by atoms with E-state index in [4.69, 9.17) is 0 Å². The molecule has 0 heterocycles. The Balaban J connectivity index is 0. The van der Waals surface area contributed by atoms with Crippen LogP contribution in [0.3, 0.4) is 0 Å². The van der Waals surface area contributed by atoms with Gasteiger partial charge in [0, 0.05) is 6.04 Å². The van der Waals surface area contributed by atoms with Gasteiger partial charge >= 0.3 is 0 Å². The molecular weight excluding hydrogens is 358 g/mol. The summed E-state index contributed by atoms with van der Waals surface area (Å²) in [4.78, 5) is 12.6. The number of hydrogen-bond donors (Lipinski definition) is 2. The van der Waals surface area contributed by atoms with Gasteiger partial charge in [-0.25, -0.2) is 0 Å². The van der Waals surface area contributed by atoms with Crippen molar-refractivity contribution in [2.24, 2.45) is 0 Å². The van der Waals surface area contributed by atoms with Crippen LogP contribution in [0.4, 0.5) is 0 Å². The molecule has 0 fully saturated rings. The molecule has 26 heavy (non-hydrogen) atoms. The van der Waals surface area contributed by atoms with Crippen molar-refractivity contribution < 1.29 is 4.80 Å². The van der Waals surface area contributed by atoms with Crippen LogP contribution in [-0.2, 0) is 0 Å². The molecule has 4 heteroatoms. The maximum absolute atomic E-state index is 9.19. The number of hydrogen-bond acceptors (Lipinski definition) is 2. The summed E-state index contributed by atoms with van der Waals surface area (Å²) in [6.07, 6.45) is 26.6. The Bertz CT molecular complexity index is 244. The van der Waals surface area contributed by atoms with E-state index >= 15 is 0 Å². The van der Waals surface area contributed by atoms with Crippen LogP contribution in [-0.4, -0.2) is 20.8 Å². The van der Waals surface area contributed by atoms with E-state index in [1.54, 1.807) is 0 Å². The van der Waals surface area contributed by atoms with Gasteiger partial charge in [-0.3, -0.25) is 0 Å². The summed E-state index contributed by atoms with van der Waals surface area (Å²) in [6, 6.07) is 0.596. The molecule has 0 rings (SSSR count). The lowest BCUT2D eigenvalue weighted by Crippen LogP contribution is -2.32. The van der Waals surface area contributed by atoms with Gasteiger partial charge in [0.25, 0.3) is 0 Å². The quantitative estimate of drug-likeness (QED) is 0.162. The zero-order chi connectivity index (χ0) is 18.4. The highest BCUT2D eigenvalue weighted by Gasteiger charge is 2.06. The minimum atomic E-state index is -0.977. The maximum Gasteiger partial charge on any atom is 0.232 e. The SMILES string of the molecule is CCCCCCCCCCCCCCCCCC(CCCC)N[SiH2]O.Cl. The van der Waals surface area contributed by atoms with Crippen LogP contribution >= 0.6 is 12.4 Å². The van der Waals surface area contributed by atoms with Crippen molar-refractivity contribution in [1.82, 2.24) is 4.98 Å². The summed E-state index contributed by atoms with van der Waals surface area (Å²) in [6.45, 7) is 4.54. The summed E-state index contributed by atoms with van der Waals surface area (Å²) in [5, 5.41) is 0. The highest BCUT2D eigenvalue weighted by atomic mass is 35.5. The topological polar surface area (TPSA) is 32.3 Å². The first-order chi connectivity index (χ1) is 12.3. The van der Waals surface area contributed by atoms with Crippen LogP contribution in [0.2, 0.25) is 0 Å². The van der Waals surface area contributed by atoms with Gasteiger partial charge in [0.15, 0.2) is 0 Å². The summed E-state index contributed by atoms with van der Waals surface area (Å²) in [5.41, 5.74) is 0. The summed E-state index contributed by atoms with van der Waals surface area (Å²) in [5.74, 6) is 0. The second-order valence-electron chi connectivity index (χ2n) is 7.94. The summed E-state index contributed by atoms with van der Waals surface area (Å²) in [7, 11) is -0.977. The Morgan fingerprint density at radius 2 is 0.923 bits per heavy atom. The summed E-state index contributed by atoms with van der Waals surface area (Å²) < 4.78 is 0. The lowest BCUT2D eigenvalue weighted by atomic mass is 10.0. The molecule has 0 bridgehead atoms. The largest absolute Gasteiger partial charge is 0.424 e. The molecule has 0 spiro atoms. The zero-order valence-electron chi connectivity index (χ0n) is 18.1. The molecule has 0 saturated heterocycles. The maximum atomic E-state index is 9.19. The molecule has 0 aromatic heterocycles. The third-order valence-corrected chi connectivity index (χ3v) is 6.20. The predicted molar refractivity (Wildman–Crippen MR) is 124 cm³/mol. The monoisotopic (exact) mass is 407 g/mol. The Morgan fingerprint density at radius 1 is 0.577 bits per heavy atom. The van der Waals surface area contributed by atoms with Crippen molar-refractivity contribution in [2.75, 3.05) is 0 Å². The van der Waals surface area contributed by atoms with Gasteiger partial charge in [0.05, 0.1) is 0 Å². The Kier molecular flexibility index (Phi) is 28.0. The van der Waals surface area contributed by atoms with Gasteiger partial charge in [-0.2, -0.15) is 0 Å². The van der Waals surface area contributed by atoms with Crippen molar-refractivity contribution in [1.29, 1.82) is 0 Å². The molecule has 0 saturated carbocycles. The van der Waals surface area contributed by atoms with E-state index in [9.17, 15) is 4.80 Å². The molecular formula is C22H50ClNOSi. The molecule has 1 atom stereocenters. The van der Waals surface area contributed by atoms with Crippen molar-refractivity contribution in [3.63, 3.8) is 0 Å². The number of unbranched alkanes of at least 4 members (excludes halogenated alkanes) is 15. The van der Waals surface area contributed by atoms with E-state index in [1.807, 2.05) is 0 Å². The fourth-order valence-electron chi connectivity index (χ4n) is 3.69. The van der Waals surface area contributed by atoms with Crippen LogP contribution < -0.4 is 4.98 Å². The lowest BCUT2D eigenvalue weighted by Gasteiger charge is -2.16. The van der Waals surface area contributed by atoms with Crippen LogP contribution in [0.15, 0.2) is 0 Å². The fraction of sp³-hybridized carbons (Fsp3) is 1.00. The van der Waals surface area contributed by atoms with E-state index in [2.05, 4.69) is 18.8 Å². The Hall–Kier alpha value is 0.427. The van der Waals surface area contributed by atoms with Crippen LogP contribution in [0, 0.1) is 0 Å². The van der Waals surface area contributed by atoms with Crippen molar-refractivity contribution in [3.8, 4) is 0 Å². The van der Waals surface area contributed by atoms with Crippen molar-refractivity contribution in [3.05, 3.63) is 0 Å². The van der Waals surface area contributed by atoms with Gasteiger partial charge in [0.2, 0.25) is 9.92 Å². The van der Waals surface area contributed by atoms with E-state index in [0.29, 0.717) is 6.04 Å². The lowest BCUT2D eigenvalue weighted by molar-refractivity contribution is 0.451. The fourth-order valence-corrected chi connectivity index (χ4v) is 4.36. The number of nitrogens with one attached hydrogen (secondary N) is 1. The molecule has 1 unspecified atom stereocenters. The molecule has 160 valence electrons. The third kappa shape index (κ3) is 22.5. The standard InChI is InChI=1S/C22H49NOSi.ClH/c1-3-5-7-8-9-10-11-12-13-14-15-16-17-18-19-21-22(23-25-24)20-6-4-2;/h22-24H,3-21,25H2,1-2H3;1H. The van der Waals surface area contributed by atoms with Crippen LogP contribution in [0.5, 0.6) is 0 Å². The molecule has 0 radical (unpaired) electrons. The zero-order valence-corrected chi connectivity index (χ0v) is 20.3. The van der Waals surface area contributed by atoms with E-state index < -0.39 is 9.92 Å². The average molecular weight is 408 g/mol. The second kappa shape index (κ2) is 25.4. The highest BCUT2D eigenvalue weighted by molar-refractivity contribution is 6.21. The van der Waals surface area contributed by atoms with Crippen LogP contribution in [0.1, 0.15) is 136 Å². The third-order valence-electron chi connectivity index (χ3n) is 5.44. The van der Waals surface area contributed by atoms with Crippen molar-refractivity contribution >= 4 is 22.3 Å². The van der Waals surface area contributed by atoms with Gasteiger partial charge in [0.1, 0.15) is 0 Å². The normalized spacial score (nSPS) is 12.6. The van der Waals surface area contributed by atoms with E-state index in [0.717, 1.165) is 0 Å². The van der Waals surface area contributed by atoms with Gasteiger partial charge in [-0.1, -0.05) is 123 Å². The van der Waals surface area contributed by atoms with Gasteiger partial charge < -0.3 is 9.78 Å². The molecule has 0 amide bonds. The first-order valence-electron chi connectivity index (χ1n) is 11.7. The van der Waals surface area contributed by atoms with Gasteiger partial charge in [-0.15, -0.1) is 12.4 Å². The average Bonchev–Trinajstić information content (AvgIpc) is 2.62. The molecule has 0 aromatic rings. The summed E-state index contributed by atoms with van der Waals surface area (Å²) >= 11 is 0. The predicted octanol–water partition coefficient (Wildman–Crippen LogP) is 6.81. The highest BCUT2D eigenvalue weighted by Crippen LogP contribution is 2.15. The Labute approximate surface area is 174 Å². The molecule has 0 aliphatic rings. The molecule has 2 N–H and O–H groups in total. The molecule has 0 aromatic carbocycles. The molecule has 0 aliphatic heterocycles.